The first-order valence-electron chi connectivity index (χ1n) is 5.24. The summed E-state index contributed by atoms with van der Waals surface area (Å²) in [5.41, 5.74) is 0. The zero-order valence-corrected chi connectivity index (χ0v) is 11.5. The minimum Gasteiger partial charge on any atom is -0.464 e. The normalized spacial score (nSPS) is 17.1. The zero-order chi connectivity index (χ0) is 10.4. The molecule has 0 amide bonds. The fraction of sp³-hybridized carbons (Fsp3) is 0.900. The van der Waals surface area contributed by atoms with Gasteiger partial charge in [-0.25, -0.2) is 0 Å². The maximum absolute atomic E-state index is 11.5. The number of rotatable bonds is 4. The molecule has 98 valence electrons. The number of nitrogens with one attached hydrogen (secondary N) is 1. The number of halogens is 2. The van der Waals surface area contributed by atoms with E-state index in [-0.39, 0.29) is 36.7 Å². The van der Waals surface area contributed by atoms with E-state index in [1.165, 1.54) is 0 Å². The number of likely N-dealkylation sites (tertiary alicyclic amines) is 1. The van der Waals surface area contributed by atoms with Crippen molar-refractivity contribution >= 4 is 30.8 Å². The minimum absolute atomic E-state index is 0. The van der Waals surface area contributed by atoms with E-state index < -0.39 is 0 Å². The first-order chi connectivity index (χ1) is 6.74. The van der Waals surface area contributed by atoms with Crippen molar-refractivity contribution in [1.82, 2.24) is 10.2 Å². The van der Waals surface area contributed by atoms with Crippen LogP contribution in [0.15, 0.2) is 0 Å². The van der Waals surface area contributed by atoms with Crippen molar-refractivity contribution in [3.8, 4) is 0 Å². The number of carbonyl (C=O) groups is 1. The third kappa shape index (κ3) is 6.53. The second-order valence-corrected chi connectivity index (χ2v) is 3.85. The molecule has 0 aromatic rings. The largest absolute Gasteiger partial charge is 0.464 e. The molecule has 1 aliphatic heterocycles. The molecule has 0 atom stereocenters. The molecule has 1 N–H and O–H groups in total. The van der Waals surface area contributed by atoms with Gasteiger partial charge >= 0.3 is 5.97 Å². The van der Waals surface area contributed by atoms with E-state index >= 15 is 0 Å². The number of ether oxygens (including phenoxy) is 1. The van der Waals surface area contributed by atoms with Gasteiger partial charge in [-0.2, -0.15) is 0 Å². The fourth-order valence-corrected chi connectivity index (χ4v) is 1.62. The molecule has 1 heterocycles. The Morgan fingerprint density at radius 3 is 2.44 bits per heavy atom. The van der Waals surface area contributed by atoms with Crippen LogP contribution in [0.25, 0.3) is 0 Å². The van der Waals surface area contributed by atoms with Crippen LogP contribution in [0.5, 0.6) is 0 Å². The summed E-state index contributed by atoms with van der Waals surface area (Å²) in [5, 5.41) is 2.95. The van der Waals surface area contributed by atoms with Gasteiger partial charge in [0, 0.05) is 6.54 Å². The molecule has 0 aromatic heterocycles. The third-order valence-corrected chi connectivity index (χ3v) is 2.65. The predicted molar refractivity (Wildman–Crippen MR) is 69.6 cm³/mol. The van der Waals surface area contributed by atoms with E-state index in [4.69, 9.17) is 4.74 Å². The van der Waals surface area contributed by atoms with Crippen molar-refractivity contribution in [2.24, 2.45) is 5.92 Å². The molecular weight excluding hydrogens is 251 g/mol. The average Bonchev–Trinajstić information content (AvgIpc) is 2.19. The topological polar surface area (TPSA) is 41.6 Å². The number of esters is 1. The van der Waals surface area contributed by atoms with Gasteiger partial charge < -0.3 is 15.0 Å². The molecule has 0 spiro atoms. The van der Waals surface area contributed by atoms with E-state index in [2.05, 4.69) is 17.3 Å². The number of piperidine rings is 1. The van der Waals surface area contributed by atoms with Gasteiger partial charge in [0.2, 0.25) is 0 Å². The van der Waals surface area contributed by atoms with Crippen molar-refractivity contribution in [2.45, 2.75) is 12.8 Å². The molecule has 0 radical (unpaired) electrons. The Labute approximate surface area is 110 Å². The molecule has 4 nitrogen and oxygen atoms in total. The van der Waals surface area contributed by atoms with Crippen molar-refractivity contribution in [3.05, 3.63) is 0 Å². The van der Waals surface area contributed by atoms with Crippen LogP contribution in [-0.4, -0.2) is 51.2 Å². The fourth-order valence-electron chi connectivity index (χ4n) is 1.62. The Morgan fingerprint density at radius 2 is 1.94 bits per heavy atom. The molecule has 1 saturated heterocycles. The summed E-state index contributed by atoms with van der Waals surface area (Å²) in [4.78, 5) is 13.8. The van der Waals surface area contributed by atoms with Gasteiger partial charge in [-0.05, 0) is 40.0 Å². The van der Waals surface area contributed by atoms with Crippen LogP contribution in [0.1, 0.15) is 12.8 Å². The average molecular weight is 273 g/mol. The number of carbonyl (C=O) groups excluding carboxylic acids is 1. The number of likely N-dealkylation sites (N-methyl/N-ethyl adjacent to an activating group) is 1. The van der Waals surface area contributed by atoms with Crippen LogP contribution < -0.4 is 5.32 Å². The summed E-state index contributed by atoms with van der Waals surface area (Å²) >= 11 is 0. The van der Waals surface area contributed by atoms with Crippen LogP contribution in [0.2, 0.25) is 0 Å². The summed E-state index contributed by atoms with van der Waals surface area (Å²) in [5.74, 6) is 0.108. The highest BCUT2D eigenvalue weighted by molar-refractivity contribution is 5.85. The molecule has 16 heavy (non-hydrogen) atoms. The van der Waals surface area contributed by atoms with Gasteiger partial charge in [-0.15, -0.1) is 24.8 Å². The maximum atomic E-state index is 11.5. The maximum Gasteiger partial charge on any atom is 0.309 e. The Bertz CT molecular complexity index is 186. The van der Waals surface area contributed by atoms with Crippen LogP contribution in [0.3, 0.4) is 0 Å². The molecular formula is C10H22Cl2N2O2. The third-order valence-electron chi connectivity index (χ3n) is 2.65. The highest BCUT2D eigenvalue weighted by Gasteiger charge is 2.24. The molecule has 0 saturated carbocycles. The predicted octanol–water partition coefficient (Wildman–Crippen LogP) is 0.934. The van der Waals surface area contributed by atoms with E-state index in [0.29, 0.717) is 6.61 Å². The van der Waals surface area contributed by atoms with Gasteiger partial charge in [0.25, 0.3) is 0 Å². The molecule has 0 bridgehead atoms. The molecule has 0 unspecified atom stereocenters. The van der Waals surface area contributed by atoms with Crippen molar-refractivity contribution in [3.63, 3.8) is 0 Å². The van der Waals surface area contributed by atoms with Crippen LogP contribution in [0.4, 0.5) is 0 Å². The standard InChI is InChI=1S/C10H20N2O2.2ClH/c1-11-5-8-14-10(13)9-3-6-12(2)7-4-9;;/h9,11H,3-8H2,1-2H3;2*1H. The van der Waals surface area contributed by atoms with E-state index in [1.807, 2.05) is 7.05 Å². The minimum atomic E-state index is -0.0200. The molecule has 1 aliphatic rings. The van der Waals surface area contributed by atoms with Gasteiger partial charge in [0.15, 0.2) is 0 Å². The number of hydrogen-bond donors (Lipinski definition) is 1. The SMILES string of the molecule is CNCCOC(=O)C1CCN(C)CC1.Cl.Cl. The first kappa shape index (κ1) is 18.3. The lowest BCUT2D eigenvalue weighted by Crippen LogP contribution is -2.34. The summed E-state index contributed by atoms with van der Waals surface area (Å²) in [6.45, 7) is 3.23. The lowest BCUT2D eigenvalue weighted by Gasteiger charge is -2.27. The lowest BCUT2D eigenvalue weighted by atomic mass is 9.97. The highest BCUT2D eigenvalue weighted by atomic mass is 35.5. The quantitative estimate of drug-likeness (QED) is 0.611. The monoisotopic (exact) mass is 272 g/mol. The summed E-state index contributed by atoms with van der Waals surface area (Å²) in [7, 11) is 3.94. The Kier molecular flexibility index (Phi) is 11.6. The molecule has 6 heteroatoms. The summed E-state index contributed by atoms with van der Waals surface area (Å²) < 4.78 is 5.14. The molecule has 0 aliphatic carbocycles. The molecule has 0 aromatic carbocycles. The van der Waals surface area contributed by atoms with Gasteiger partial charge in [-0.1, -0.05) is 0 Å². The Hall–Kier alpha value is -0.0300. The van der Waals surface area contributed by atoms with Crippen LogP contribution >= 0.6 is 24.8 Å². The highest BCUT2D eigenvalue weighted by Crippen LogP contribution is 2.17. The number of nitrogens with zero attached hydrogens (tertiary/aromatic N) is 1. The zero-order valence-electron chi connectivity index (χ0n) is 9.90. The van der Waals surface area contributed by atoms with Gasteiger partial charge in [0.05, 0.1) is 5.92 Å². The Morgan fingerprint density at radius 1 is 1.38 bits per heavy atom. The number of hydrogen-bond acceptors (Lipinski definition) is 4. The van der Waals surface area contributed by atoms with E-state index in [9.17, 15) is 4.79 Å². The van der Waals surface area contributed by atoms with E-state index in [0.717, 1.165) is 32.5 Å². The Balaban J connectivity index is 0. The lowest BCUT2D eigenvalue weighted by molar-refractivity contribution is -0.149. The summed E-state index contributed by atoms with van der Waals surface area (Å²) in [6.07, 6.45) is 1.88. The smallest absolute Gasteiger partial charge is 0.309 e. The van der Waals surface area contributed by atoms with Crippen LogP contribution in [-0.2, 0) is 9.53 Å². The molecule has 1 rings (SSSR count). The second kappa shape index (κ2) is 10.1. The van der Waals surface area contributed by atoms with E-state index in [1.54, 1.807) is 0 Å². The summed E-state index contributed by atoms with van der Waals surface area (Å²) in [6, 6.07) is 0. The van der Waals surface area contributed by atoms with Crippen molar-refractivity contribution in [1.29, 1.82) is 0 Å². The van der Waals surface area contributed by atoms with Crippen LogP contribution in [0, 0.1) is 5.92 Å². The van der Waals surface area contributed by atoms with Gasteiger partial charge in [-0.3, -0.25) is 4.79 Å². The second-order valence-electron chi connectivity index (χ2n) is 3.85. The van der Waals surface area contributed by atoms with Gasteiger partial charge in [0.1, 0.15) is 6.61 Å². The van der Waals surface area contributed by atoms with Crippen molar-refractivity contribution < 1.29 is 9.53 Å². The molecule has 1 fully saturated rings. The first-order valence-corrected chi connectivity index (χ1v) is 5.24. The van der Waals surface area contributed by atoms with Crippen molar-refractivity contribution in [2.75, 3.05) is 40.3 Å².